The van der Waals surface area contributed by atoms with Crippen LogP contribution >= 0.6 is 23.2 Å². The normalized spacial score (nSPS) is 11.6. The second-order valence-electron chi connectivity index (χ2n) is 4.09. The van der Waals surface area contributed by atoms with E-state index in [0.29, 0.717) is 16.6 Å². The Morgan fingerprint density at radius 3 is 2.70 bits per heavy atom. The molecule has 7 heteroatoms. The maximum atomic E-state index is 12.2. The lowest BCUT2D eigenvalue weighted by Crippen LogP contribution is -2.29. The molecule has 0 unspecified atom stereocenters. The van der Waals surface area contributed by atoms with Gasteiger partial charge in [-0.2, -0.15) is 0 Å². The van der Waals surface area contributed by atoms with E-state index in [2.05, 4.69) is 5.16 Å². The molecule has 0 aliphatic heterocycles. The summed E-state index contributed by atoms with van der Waals surface area (Å²) in [6.45, 7) is 0.308. The summed E-state index contributed by atoms with van der Waals surface area (Å²) in [5.41, 5.74) is 6.05. The molecule has 0 spiro atoms. The minimum absolute atomic E-state index is 0.134. The van der Waals surface area contributed by atoms with Crippen molar-refractivity contribution in [1.29, 1.82) is 0 Å². The highest BCUT2D eigenvalue weighted by atomic mass is 35.5. The Hall–Kier alpha value is -1.98. The monoisotopic (exact) mass is 311 g/mol. The van der Waals surface area contributed by atoms with Gasteiger partial charge in [0.15, 0.2) is 5.84 Å². The van der Waals surface area contributed by atoms with Crippen LogP contribution in [0, 0.1) is 0 Å². The zero-order valence-electron chi connectivity index (χ0n) is 10.3. The molecule has 1 aromatic carbocycles. The third-order valence-corrected chi connectivity index (χ3v) is 3.48. The van der Waals surface area contributed by atoms with E-state index in [9.17, 15) is 4.79 Å². The highest BCUT2D eigenvalue weighted by Crippen LogP contribution is 2.22. The molecule has 1 aromatic heterocycles. The fourth-order valence-corrected chi connectivity index (χ4v) is 2.07. The van der Waals surface area contributed by atoms with Crippen LogP contribution in [0.25, 0.3) is 0 Å². The SMILES string of the molecule is N/C(=N/O)c1cccn(Cc2ccc(Cl)c(Cl)c2)c1=O. The van der Waals surface area contributed by atoms with Crippen molar-refractivity contribution in [2.24, 2.45) is 10.9 Å². The number of nitrogens with two attached hydrogens (primary N) is 1. The first-order valence-corrected chi connectivity index (χ1v) is 6.40. The Kier molecular flexibility index (Phi) is 4.32. The number of amidine groups is 1. The number of oxime groups is 1. The van der Waals surface area contributed by atoms with E-state index < -0.39 is 0 Å². The minimum atomic E-state index is -0.353. The van der Waals surface area contributed by atoms with E-state index in [1.54, 1.807) is 30.5 Å². The topological polar surface area (TPSA) is 80.6 Å². The van der Waals surface area contributed by atoms with E-state index in [4.69, 9.17) is 34.1 Å². The standard InChI is InChI=1S/C13H11Cl2N3O2/c14-10-4-3-8(6-11(10)15)7-18-5-1-2-9(13(18)19)12(16)17-20/h1-6,20H,7H2,(H2,16,17). The first-order valence-electron chi connectivity index (χ1n) is 5.64. The van der Waals surface area contributed by atoms with Gasteiger partial charge in [0.2, 0.25) is 0 Å². The second-order valence-corrected chi connectivity index (χ2v) is 4.90. The molecule has 0 atom stereocenters. The van der Waals surface area contributed by atoms with Gasteiger partial charge in [0, 0.05) is 6.20 Å². The average Bonchev–Trinajstić information content (AvgIpc) is 2.44. The number of aromatic nitrogens is 1. The zero-order valence-corrected chi connectivity index (χ0v) is 11.8. The molecule has 0 saturated heterocycles. The molecule has 0 aliphatic rings. The van der Waals surface area contributed by atoms with E-state index in [0.717, 1.165) is 5.56 Å². The Bertz CT molecular complexity index is 726. The number of rotatable bonds is 3. The van der Waals surface area contributed by atoms with Crippen LogP contribution in [0.2, 0.25) is 10.0 Å². The van der Waals surface area contributed by atoms with Crippen LogP contribution in [0.3, 0.4) is 0 Å². The molecule has 0 amide bonds. The van der Waals surface area contributed by atoms with Crippen LogP contribution in [0.4, 0.5) is 0 Å². The molecule has 2 aromatic rings. The fourth-order valence-electron chi connectivity index (χ4n) is 1.74. The third kappa shape index (κ3) is 2.95. The Morgan fingerprint density at radius 1 is 1.30 bits per heavy atom. The lowest BCUT2D eigenvalue weighted by atomic mass is 10.2. The maximum Gasteiger partial charge on any atom is 0.261 e. The molecule has 0 aliphatic carbocycles. The van der Waals surface area contributed by atoms with Gasteiger partial charge in [-0.05, 0) is 29.8 Å². The molecule has 5 nitrogen and oxygen atoms in total. The zero-order chi connectivity index (χ0) is 14.7. The van der Waals surface area contributed by atoms with Gasteiger partial charge >= 0.3 is 0 Å². The number of hydrogen-bond acceptors (Lipinski definition) is 3. The predicted octanol–water partition coefficient (Wildman–Crippen LogP) is 2.30. The minimum Gasteiger partial charge on any atom is -0.409 e. The largest absolute Gasteiger partial charge is 0.409 e. The van der Waals surface area contributed by atoms with E-state index in [1.165, 1.54) is 10.6 Å². The average molecular weight is 312 g/mol. The maximum absolute atomic E-state index is 12.2. The van der Waals surface area contributed by atoms with Crippen molar-refractivity contribution in [3.8, 4) is 0 Å². The summed E-state index contributed by atoms with van der Waals surface area (Å²) in [6, 6.07) is 8.26. The summed E-state index contributed by atoms with van der Waals surface area (Å²) < 4.78 is 1.44. The van der Waals surface area contributed by atoms with E-state index in [-0.39, 0.29) is 17.0 Å². The Balaban J connectivity index is 2.39. The molecular formula is C13H11Cl2N3O2. The molecule has 20 heavy (non-hydrogen) atoms. The van der Waals surface area contributed by atoms with Crippen LogP contribution < -0.4 is 11.3 Å². The van der Waals surface area contributed by atoms with Crippen molar-refractivity contribution in [3.63, 3.8) is 0 Å². The summed E-state index contributed by atoms with van der Waals surface area (Å²) in [5.74, 6) is -0.224. The molecule has 0 bridgehead atoms. The van der Waals surface area contributed by atoms with Crippen molar-refractivity contribution >= 4 is 29.0 Å². The van der Waals surface area contributed by atoms with Crippen LogP contribution in [-0.4, -0.2) is 15.6 Å². The second kappa shape index (κ2) is 5.98. The number of benzene rings is 1. The molecule has 3 N–H and O–H groups in total. The predicted molar refractivity (Wildman–Crippen MR) is 78.8 cm³/mol. The summed E-state index contributed by atoms with van der Waals surface area (Å²) in [4.78, 5) is 12.2. The van der Waals surface area contributed by atoms with Gasteiger partial charge in [0.1, 0.15) is 0 Å². The van der Waals surface area contributed by atoms with Gasteiger partial charge in [-0.1, -0.05) is 34.4 Å². The first kappa shape index (κ1) is 14.4. The first-order chi connectivity index (χ1) is 9.52. The molecule has 104 valence electrons. The highest BCUT2D eigenvalue weighted by Gasteiger charge is 2.08. The molecule has 1 heterocycles. The number of nitrogens with zero attached hydrogens (tertiary/aromatic N) is 2. The van der Waals surface area contributed by atoms with Crippen molar-refractivity contribution < 1.29 is 5.21 Å². The van der Waals surface area contributed by atoms with Gasteiger partial charge in [-0.15, -0.1) is 0 Å². The lowest BCUT2D eigenvalue weighted by Gasteiger charge is -2.08. The van der Waals surface area contributed by atoms with Crippen LogP contribution in [0.15, 0.2) is 46.5 Å². The number of halogens is 2. The van der Waals surface area contributed by atoms with Gasteiger partial charge in [0.25, 0.3) is 5.56 Å². The Morgan fingerprint density at radius 2 is 2.05 bits per heavy atom. The Labute approximate surface area is 124 Å². The third-order valence-electron chi connectivity index (χ3n) is 2.74. The molecule has 0 saturated carbocycles. The molecular weight excluding hydrogens is 301 g/mol. The summed E-state index contributed by atoms with van der Waals surface area (Å²) in [7, 11) is 0. The highest BCUT2D eigenvalue weighted by molar-refractivity contribution is 6.42. The van der Waals surface area contributed by atoms with Crippen molar-refractivity contribution in [2.45, 2.75) is 6.54 Å². The number of pyridine rings is 1. The molecule has 2 rings (SSSR count). The van der Waals surface area contributed by atoms with E-state index >= 15 is 0 Å². The van der Waals surface area contributed by atoms with Crippen LogP contribution in [0.1, 0.15) is 11.1 Å². The van der Waals surface area contributed by atoms with E-state index in [1.807, 2.05) is 0 Å². The van der Waals surface area contributed by atoms with Crippen LogP contribution in [-0.2, 0) is 6.54 Å². The fraction of sp³-hybridized carbons (Fsp3) is 0.0769. The molecule has 0 radical (unpaired) electrons. The van der Waals surface area contributed by atoms with Gasteiger partial charge in [-0.3, -0.25) is 4.79 Å². The molecule has 0 fully saturated rings. The van der Waals surface area contributed by atoms with Crippen molar-refractivity contribution in [2.75, 3.05) is 0 Å². The summed E-state index contributed by atoms with van der Waals surface area (Å²) in [5, 5.41) is 12.4. The van der Waals surface area contributed by atoms with Crippen LogP contribution in [0.5, 0.6) is 0 Å². The smallest absolute Gasteiger partial charge is 0.261 e. The van der Waals surface area contributed by atoms with Gasteiger partial charge in [-0.25, -0.2) is 0 Å². The lowest BCUT2D eigenvalue weighted by molar-refractivity contribution is 0.318. The van der Waals surface area contributed by atoms with Gasteiger partial charge in [0.05, 0.1) is 22.2 Å². The quantitative estimate of drug-likeness (QED) is 0.395. The van der Waals surface area contributed by atoms with Gasteiger partial charge < -0.3 is 15.5 Å². The summed E-state index contributed by atoms with van der Waals surface area (Å²) >= 11 is 11.8. The number of hydrogen-bond donors (Lipinski definition) is 2. The summed E-state index contributed by atoms with van der Waals surface area (Å²) in [6.07, 6.45) is 1.61. The van der Waals surface area contributed by atoms with Crippen molar-refractivity contribution in [1.82, 2.24) is 4.57 Å². The van der Waals surface area contributed by atoms with Crippen molar-refractivity contribution in [3.05, 3.63) is 68.1 Å².